The van der Waals surface area contributed by atoms with Crippen LogP contribution in [0.25, 0.3) is 17.0 Å². The number of benzene rings is 2. The van der Waals surface area contributed by atoms with Crippen molar-refractivity contribution in [3.05, 3.63) is 65.9 Å². The van der Waals surface area contributed by atoms with Gasteiger partial charge in [0.1, 0.15) is 17.1 Å². The maximum Gasteiger partial charge on any atom is 0.248 e. The van der Waals surface area contributed by atoms with Crippen molar-refractivity contribution in [1.29, 1.82) is 0 Å². The molecule has 3 rings (SSSR count). The number of para-hydroxylation sites is 3. The van der Waals surface area contributed by atoms with E-state index in [1.54, 1.807) is 25.3 Å². The third-order valence-corrected chi connectivity index (χ3v) is 3.80. The number of hydrogen-bond donors (Lipinski definition) is 1. The fourth-order valence-electron chi connectivity index (χ4n) is 2.64. The molecule has 24 heavy (non-hydrogen) atoms. The van der Waals surface area contributed by atoms with E-state index < -0.39 is 0 Å². The molecule has 1 aromatic heterocycles. The molecule has 122 valence electrons. The van der Waals surface area contributed by atoms with Crippen molar-refractivity contribution in [2.24, 2.45) is 0 Å². The van der Waals surface area contributed by atoms with Gasteiger partial charge >= 0.3 is 0 Å². The number of methoxy groups -OCH3 is 1. The standard InChI is InChI=1S/C20H19NO3/c1-3-17-15(14-8-4-6-10-18(14)24-17)12-13-20(22)21-16-9-5-7-11-19(16)23-2/h4-13H,3H2,1-2H3,(H,21,22)/b13-12+. The van der Waals surface area contributed by atoms with Crippen molar-refractivity contribution in [2.75, 3.05) is 12.4 Å². The lowest BCUT2D eigenvalue weighted by molar-refractivity contribution is -0.111. The number of furan rings is 1. The van der Waals surface area contributed by atoms with Crippen LogP contribution in [0.1, 0.15) is 18.2 Å². The van der Waals surface area contributed by atoms with Gasteiger partial charge in [-0.05, 0) is 24.3 Å². The van der Waals surface area contributed by atoms with Crippen LogP contribution >= 0.6 is 0 Å². The third kappa shape index (κ3) is 3.18. The quantitative estimate of drug-likeness (QED) is 0.696. The Morgan fingerprint density at radius 1 is 1.17 bits per heavy atom. The second-order valence-corrected chi connectivity index (χ2v) is 5.31. The minimum absolute atomic E-state index is 0.216. The van der Waals surface area contributed by atoms with Crippen molar-refractivity contribution in [3.63, 3.8) is 0 Å². The van der Waals surface area contributed by atoms with E-state index in [0.29, 0.717) is 11.4 Å². The van der Waals surface area contributed by atoms with Gasteiger partial charge in [0.05, 0.1) is 12.8 Å². The van der Waals surface area contributed by atoms with E-state index in [9.17, 15) is 4.79 Å². The Morgan fingerprint density at radius 3 is 2.71 bits per heavy atom. The van der Waals surface area contributed by atoms with Gasteiger partial charge in [-0.2, -0.15) is 0 Å². The van der Waals surface area contributed by atoms with E-state index in [4.69, 9.17) is 9.15 Å². The summed E-state index contributed by atoms with van der Waals surface area (Å²) in [5, 5.41) is 3.84. The number of aryl methyl sites for hydroxylation is 1. The Kier molecular flexibility index (Phi) is 4.66. The van der Waals surface area contributed by atoms with E-state index in [1.807, 2.05) is 43.3 Å². The monoisotopic (exact) mass is 321 g/mol. The summed E-state index contributed by atoms with van der Waals surface area (Å²) in [7, 11) is 1.58. The van der Waals surface area contributed by atoms with Crippen molar-refractivity contribution in [3.8, 4) is 5.75 Å². The van der Waals surface area contributed by atoms with Crippen LogP contribution in [0.2, 0.25) is 0 Å². The SMILES string of the molecule is CCc1oc2ccccc2c1/C=C/C(=O)Nc1ccccc1OC. The minimum atomic E-state index is -0.216. The fourth-order valence-corrected chi connectivity index (χ4v) is 2.64. The van der Waals surface area contributed by atoms with E-state index in [1.165, 1.54) is 6.08 Å². The molecular weight excluding hydrogens is 302 g/mol. The molecule has 0 bridgehead atoms. The molecule has 3 aromatic rings. The summed E-state index contributed by atoms with van der Waals surface area (Å²) in [5.74, 6) is 1.28. The van der Waals surface area contributed by atoms with Gasteiger partial charge in [-0.1, -0.05) is 37.3 Å². The average Bonchev–Trinajstić information content (AvgIpc) is 2.98. The topological polar surface area (TPSA) is 51.5 Å². The first-order valence-corrected chi connectivity index (χ1v) is 7.85. The zero-order valence-corrected chi connectivity index (χ0v) is 13.7. The smallest absolute Gasteiger partial charge is 0.248 e. The molecule has 0 radical (unpaired) electrons. The molecule has 2 aromatic carbocycles. The van der Waals surface area contributed by atoms with Gasteiger partial charge in [0.2, 0.25) is 5.91 Å². The van der Waals surface area contributed by atoms with Crippen LogP contribution in [0, 0.1) is 0 Å². The van der Waals surface area contributed by atoms with Gasteiger partial charge in [0, 0.05) is 23.4 Å². The molecule has 0 aliphatic carbocycles. The van der Waals surface area contributed by atoms with Crippen LogP contribution in [0.5, 0.6) is 5.75 Å². The number of amides is 1. The first-order valence-electron chi connectivity index (χ1n) is 7.85. The normalized spacial score (nSPS) is 11.1. The average molecular weight is 321 g/mol. The van der Waals surface area contributed by atoms with Gasteiger partial charge in [-0.3, -0.25) is 4.79 Å². The highest BCUT2D eigenvalue weighted by atomic mass is 16.5. The Morgan fingerprint density at radius 2 is 1.92 bits per heavy atom. The van der Waals surface area contributed by atoms with Crippen molar-refractivity contribution in [1.82, 2.24) is 0 Å². The number of rotatable bonds is 5. The Hall–Kier alpha value is -3.01. The molecule has 0 fully saturated rings. The first kappa shape index (κ1) is 15.9. The van der Waals surface area contributed by atoms with Gasteiger partial charge in [0.15, 0.2) is 0 Å². The molecule has 0 spiro atoms. The highest BCUT2D eigenvalue weighted by molar-refractivity contribution is 6.04. The lowest BCUT2D eigenvalue weighted by Gasteiger charge is -2.07. The summed E-state index contributed by atoms with van der Waals surface area (Å²) in [4.78, 5) is 12.2. The molecule has 1 N–H and O–H groups in total. The van der Waals surface area contributed by atoms with E-state index >= 15 is 0 Å². The molecule has 0 saturated carbocycles. The third-order valence-electron chi connectivity index (χ3n) is 3.80. The zero-order chi connectivity index (χ0) is 16.9. The van der Waals surface area contributed by atoms with E-state index in [2.05, 4.69) is 5.32 Å². The summed E-state index contributed by atoms with van der Waals surface area (Å²) in [5.41, 5.74) is 2.42. The number of fused-ring (bicyclic) bond motifs is 1. The highest BCUT2D eigenvalue weighted by Crippen LogP contribution is 2.27. The predicted octanol–water partition coefficient (Wildman–Crippen LogP) is 4.66. The number of hydrogen-bond acceptors (Lipinski definition) is 3. The van der Waals surface area contributed by atoms with Crippen LogP contribution < -0.4 is 10.1 Å². The van der Waals surface area contributed by atoms with E-state index in [-0.39, 0.29) is 5.91 Å². The summed E-state index contributed by atoms with van der Waals surface area (Å²) in [6, 6.07) is 15.1. The van der Waals surface area contributed by atoms with Gasteiger partial charge in [-0.25, -0.2) is 0 Å². The molecule has 0 saturated heterocycles. The van der Waals surface area contributed by atoms with Crippen LogP contribution in [-0.2, 0) is 11.2 Å². The minimum Gasteiger partial charge on any atom is -0.495 e. The maximum atomic E-state index is 12.2. The molecule has 0 aliphatic heterocycles. The fraction of sp³-hybridized carbons (Fsp3) is 0.150. The second-order valence-electron chi connectivity index (χ2n) is 5.31. The summed E-state index contributed by atoms with van der Waals surface area (Å²) in [6.07, 6.45) is 4.08. The second kappa shape index (κ2) is 7.04. The molecular formula is C20H19NO3. The van der Waals surface area contributed by atoms with E-state index in [0.717, 1.165) is 28.7 Å². The molecule has 0 atom stereocenters. The zero-order valence-electron chi connectivity index (χ0n) is 13.7. The summed E-state index contributed by atoms with van der Waals surface area (Å²) >= 11 is 0. The summed E-state index contributed by atoms with van der Waals surface area (Å²) in [6.45, 7) is 2.03. The Balaban J connectivity index is 1.84. The van der Waals surface area contributed by atoms with Crippen LogP contribution in [0.4, 0.5) is 5.69 Å². The summed E-state index contributed by atoms with van der Waals surface area (Å²) < 4.78 is 11.1. The number of carbonyl (C=O) groups is 1. The Labute approximate surface area is 140 Å². The van der Waals surface area contributed by atoms with Crippen LogP contribution in [0.15, 0.2) is 59.0 Å². The molecule has 1 amide bonds. The molecule has 1 heterocycles. The lowest BCUT2D eigenvalue weighted by Crippen LogP contribution is -2.08. The lowest BCUT2D eigenvalue weighted by atomic mass is 10.1. The largest absolute Gasteiger partial charge is 0.495 e. The van der Waals surface area contributed by atoms with Crippen LogP contribution in [-0.4, -0.2) is 13.0 Å². The van der Waals surface area contributed by atoms with Crippen LogP contribution in [0.3, 0.4) is 0 Å². The molecule has 4 heteroatoms. The highest BCUT2D eigenvalue weighted by Gasteiger charge is 2.10. The first-order chi connectivity index (χ1) is 11.7. The van der Waals surface area contributed by atoms with Gasteiger partial charge in [0.25, 0.3) is 0 Å². The number of ether oxygens (including phenoxy) is 1. The Bertz CT molecular complexity index is 893. The number of nitrogens with one attached hydrogen (secondary N) is 1. The van der Waals surface area contributed by atoms with Gasteiger partial charge in [-0.15, -0.1) is 0 Å². The molecule has 0 aliphatic rings. The predicted molar refractivity (Wildman–Crippen MR) is 96.2 cm³/mol. The van der Waals surface area contributed by atoms with Gasteiger partial charge < -0.3 is 14.5 Å². The molecule has 4 nitrogen and oxygen atoms in total. The number of anilines is 1. The maximum absolute atomic E-state index is 12.2. The van der Waals surface area contributed by atoms with Crippen molar-refractivity contribution >= 4 is 28.6 Å². The number of carbonyl (C=O) groups excluding carboxylic acids is 1. The molecule has 0 unspecified atom stereocenters. The van der Waals surface area contributed by atoms with Crippen molar-refractivity contribution in [2.45, 2.75) is 13.3 Å². The van der Waals surface area contributed by atoms with Crippen molar-refractivity contribution < 1.29 is 13.9 Å².